The van der Waals surface area contributed by atoms with E-state index in [1.54, 1.807) is 13.3 Å². The number of nitrogens with one attached hydrogen (secondary N) is 2. The van der Waals surface area contributed by atoms with Crippen molar-refractivity contribution >= 4 is 5.82 Å². The first-order valence-electron chi connectivity index (χ1n) is 5.32. The first-order chi connectivity index (χ1) is 7.38. The molecule has 4 heteroatoms. The number of nitrogens with zero attached hydrogens (tertiary/aromatic N) is 1. The summed E-state index contributed by atoms with van der Waals surface area (Å²) in [4.78, 5) is 4.21. The van der Waals surface area contributed by atoms with Gasteiger partial charge in [0, 0.05) is 12.7 Å². The number of ether oxygens (including phenoxy) is 1. The van der Waals surface area contributed by atoms with E-state index in [2.05, 4.69) is 22.5 Å². The van der Waals surface area contributed by atoms with Crippen LogP contribution in [0.5, 0.6) is 5.75 Å². The summed E-state index contributed by atoms with van der Waals surface area (Å²) in [6, 6.07) is 3.77. The van der Waals surface area contributed by atoms with E-state index in [1.165, 1.54) is 0 Å². The number of aromatic nitrogens is 1. The zero-order chi connectivity index (χ0) is 10.9. The molecule has 4 nitrogen and oxygen atoms in total. The van der Waals surface area contributed by atoms with Crippen LogP contribution in [0.15, 0.2) is 18.3 Å². The Labute approximate surface area is 91.1 Å². The van der Waals surface area contributed by atoms with Gasteiger partial charge in [-0.05, 0) is 31.6 Å². The summed E-state index contributed by atoms with van der Waals surface area (Å²) >= 11 is 0. The van der Waals surface area contributed by atoms with E-state index in [4.69, 9.17) is 4.74 Å². The Bertz CT molecular complexity index is 278. The molecule has 0 saturated heterocycles. The highest BCUT2D eigenvalue weighted by Crippen LogP contribution is 2.19. The van der Waals surface area contributed by atoms with Crippen molar-refractivity contribution in [3.63, 3.8) is 0 Å². The van der Waals surface area contributed by atoms with Gasteiger partial charge < -0.3 is 15.4 Å². The van der Waals surface area contributed by atoms with Gasteiger partial charge in [-0.25, -0.2) is 4.98 Å². The Kier molecular flexibility index (Phi) is 5.55. The molecule has 0 radical (unpaired) electrons. The van der Waals surface area contributed by atoms with Gasteiger partial charge in [-0.3, -0.25) is 0 Å². The Morgan fingerprint density at radius 1 is 1.40 bits per heavy atom. The third-order valence-electron chi connectivity index (χ3n) is 2.06. The summed E-state index contributed by atoms with van der Waals surface area (Å²) in [5.74, 6) is 1.61. The molecule has 0 saturated carbocycles. The zero-order valence-electron chi connectivity index (χ0n) is 9.42. The molecule has 84 valence electrons. The molecule has 0 aromatic carbocycles. The second kappa shape index (κ2) is 7.06. The van der Waals surface area contributed by atoms with E-state index >= 15 is 0 Å². The van der Waals surface area contributed by atoms with Crippen molar-refractivity contribution in [1.29, 1.82) is 0 Å². The largest absolute Gasteiger partial charge is 0.493 e. The van der Waals surface area contributed by atoms with Crippen LogP contribution in [-0.2, 0) is 0 Å². The Balaban J connectivity index is 2.30. The van der Waals surface area contributed by atoms with Crippen molar-refractivity contribution in [2.45, 2.75) is 13.3 Å². The second-order valence-electron chi connectivity index (χ2n) is 3.19. The third kappa shape index (κ3) is 4.16. The summed E-state index contributed by atoms with van der Waals surface area (Å²) in [6.45, 7) is 5.06. The van der Waals surface area contributed by atoms with Gasteiger partial charge >= 0.3 is 0 Å². The molecule has 0 aliphatic carbocycles. The van der Waals surface area contributed by atoms with Crippen molar-refractivity contribution in [3.05, 3.63) is 18.3 Å². The van der Waals surface area contributed by atoms with E-state index in [9.17, 15) is 0 Å². The minimum absolute atomic E-state index is 0.793. The molecule has 0 amide bonds. The molecule has 1 aromatic heterocycles. The second-order valence-corrected chi connectivity index (χ2v) is 3.19. The highest BCUT2D eigenvalue weighted by atomic mass is 16.5. The fourth-order valence-electron chi connectivity index (χ4n) is 1.28. The highest BCUT2D eigenvalue weighted by Gasteiger charge is 2.00. The fraction of sp³-hybridized carbons (Fsp3) is 0.545. The Morgan fingerprint density at radius 2 is 2.27 bits per heavy atom. The first-order valence-corrected chi connectivity index (χ1v) is 5.32. The van der Waals surface area contributed by atoms with Crippen LogP contribution in [-0.4, -0.2) is 31.7 Å². The number of pyridine rings is 1. The lowest BCUT2D eigenvalue weighted by Gasteiger charge is -2.09. The van der Waals surface area contributed by atoms with Crippen LogP contribution >= 0.6 is 0 Å². The van der Waals surface area contributed by atoms with Gasteiger partial charge in [0.1, 0.15) is 0 Å². The summed E-state index contributed by atoms with van der Waals surface area (Å²) in [6.07, 6.45) is 2.84. The molecule has 1 aromatic rings. The highest BCUT2D eigenvalue weighted by molar-refractivity contribution is 5.49. The van der Waals surface area contributed by atoms with E-state index < -0.39 is 0 Å². The molecule has 15 heavy (non-hydrogen) atoms. The van der Waals surface area contributed by atoms with E-state index in [-0.39, 0.29) is 0 Å². The first kappa shape index (κ1) is 11.8. The average Bonchev–Trinajstić information content (AvgIpc) is 2.29. The minimum atomic E-state index is 0.793. The molecule has 0 spiro atoms. The normalized spacial score (nSPS) is 10.0. The van der Waals surface area contributed by atoms with Crippen LogP contribution in [0.3, 0.4) is 0 Å². The van der Waals surface area contributed by atoms with Crippen molar-refractivity contribution in [3.8, 4) is 5.75 Å². The molecule has 0 atom stereocenters. The monoisotopic (exact) mass is 209 g/mol. The van der Waals surface area contributed by atoms with Crippen molar-refractivity contribution in [2.75, 3.05) is 32.1 Å². The maximum Gasteiger partial charge on any atom is 0.168 e. The van der Waals surface area contributed by atoms with E-state index in [0.717, 1.165) is 37.6 Å². The molecule has 0 unspecified atom stereocenters. The van der Waals surface area contributed by atoms with Crippen LogP contribution in [0.1, 0.15) is 13.3 Å². The standard InChI is InChI=1S/C11H19N3O/c1-3-12-7-5-9-14-11-10(15-2)6-4-8-13-11/h4,6,8,12H,3,5,7,9H2,1-2H3,(H,13,14). The maximum absolute atomic E-state index is 5.18. The molecule has 0 fully saturated rings. The predicted molar refractivity (Wildman–Crippen MR) is 62.4 cm³/mol. The maximum atomic E-state index is 5.18. The van der Waals surface area contributed by atoms with Gasteiger partial charge in [-0.2, -0.15) is 0 Å². The number of methoxy groups -OCH3 is 1. The lowest BCUT2D eigenvalue weighted by molar-refractivity contribution is 0.415. The quantitative estimate of drug-likeness (QED) is 0.668. The fourth-order valence-corrected chi connectivity index (χ4v) is 1.28. The van der Waals surface area contributed by atoms with Crippen molar-refractivity contribution in [2.24, 2.45) is 0 Å². The van der Waals surface area contributed by atoms with Gasteiger partial charge in [-0.1, -0.05) is 6.92 Å². The molecule has 0 aliphatic heterocycles. The van der Waals surface area contributed by atoms with Crippen molar-refractivity contribution in [1.82, 2.24) is 10.3 Å². The number of anilines is 1. The van der Waals surface area contributed by atoms with Gasteiger partial charge in [0.25, 0.3) is 0 Å². The van der Waals surface area contributed by atoms with Gasteiger partial charge in [0.05, 0.1) is 7.11 Å². The van der Waals surface area contributed by atoms with Crippen LogP contribution < -0.4 is 15.4 Å². The zero-order valence-corrected chi connectivity index (χ0v) is 9.42. The molecule has 0 aliphatic rings. The van der Waals surface area contributed by atoms with Crippen LogP contribution in [0, 0.1) is 0 Å². The molecule has 2 N–H and O–H groups in total. The van der Waals surface area contributed by atoms with Crippen LogP contribution in [0.4, 0.5) is 5.82 Å². The molecule has 0 bridgehead atoms. The SMILES string of the molecule is CCNCCCNc1ncccc1OC. The van der Waals surface area contributed by atoms with Gasteiger partial charge in [0.15, 0.2) is 11.6 Å². The molecule has 1 heterocycles. The summed E-state index contributed by atoms with van der Waals surface area (Å²) in [5, 5.41) is 6.52. The summed E-state index contributed by atoms with van der Waals surface area (Å²) < 4.78 is 5.18. The van der Waals surface area contributed by atoms with Crippen LogP contribution in [0.25, 0.3) is 0 Å². The predicted octanol–water partition coefficient (Wildman–Crippen LogP) is 1.50. The minimum Gasteiger partial charge on any atom is -0.493 e. The lowest BCUT2D eigenvalue weighted by atomic mass is 10.4. The van der Waals surface area contributed by atoms with Crippen LogP contribution in [0.2, 0.25) is 0 Å². The van der Waals surface area contributed by atoms with Crippen molar-refractivity contribution < 1.29 is 4.74 Å². The molecular weight excluding hydrogens is 190 g/mol. The Hall–Kier alpha value is -1.29. The number of hydrogen-bond acceptors (Lipinski definition) is 4. The summed E-state index contributed by atoms with van der Waals surface area (Å²) in [7, 11) is 1.65. The van der Waals surface area contributed by atoms with Gasteiger partial charge in [0.2, 0.25) is 0 Å². The number of hydrogen-bond donors (Lipinski definition) is 2. The van der Waals surface area contributed by atoms with E-state index in [0.29, 0.717) is 0 Å². The molecular formula is C11H19N3O. The smallest absolute Gasteiger partial charge is 0.168 e. The number of rotatable bonds is 7. The lowest BCUT2D eigenvalue weighted by Crippen LogP contribution is -2.17. The Morgan fingerprint density at radius 3 is 3.00 bits per heavy atom. The summed E-state index contributed by atoms with van der Waals surface area (Å²) in [5.41, 5.74) is 0. The van der Waals surface area contributed by atoms with Gasteiger partial charge in [-0.15, -0.1) is 0 Å². The van der Waals surface area contributed by atoms with E-state index in [1.807, 2.05) is 12.1 Å². The molecule has 1 rings (SSSR count). The third-order valence-corrected chi connectivity index (χ3v) is 2.06. The average molecular weight is 209 g/mol. The topological polar surface area (TPSA) is 46.2 Å².